The summed E-state index contributed by atoms with van der Waals surface area (Å²) in [7, 11) is 1.76. The van der Waals surface area contributed by atoms with Crippen molar-refractivity contribution < 1.29 is 9.59 Å². The lowest BCUT2D eigenvalue weighted by molar-refractivity contribution is -0.119. The maximum atomic E-state index is 12.6. The van der Waals surface area contributed by atoms with Crippen molar-refractivity contribution in [1.29, 1.82) is 0 Å². The van der Waals surface area contributed by atoms with Gasteiger partial charge in [0.2, 0.25) is 5.91 Å². The molecule has 0 aromatic heterocycles. The van der Waals surface area contributed by atoms with Gasteiger partial charge in [-0.25, -0.2) is 0 Å². The first kappa shape index (κ1) is 19.7. The number of hydrogen-bond donors (Lipinski definition) is 2. The second-order valence-electron chi connectivity index (χ2n) is 6.95. The summed E-state index contributed by atoms with van der Waals surface area (Å²) < 4.78 is 0. The Morgan fingerprint density at radius 3 is 2.68 bits per heavy atom. The molecule has 1 atom stereocenters. The van der Waals surface area contributed by atoms with Crippen LogP contribution >= 0.6 is 12.4 Å². The van der Waals surface area contributed by atoms with Gasteiger partial charge in [-0.15, -0.1) is 12.4 Å². The standard InChI is InChI=1S/C19H27N3O2.ClH/c1-22(19(24)15-8-9-15)17-7-3-2-6-16(17)18(23)21-12-10-14-5-4-11-20-13-14;/h2-3,6-7,14-15,20H,4-5,8-13H2,1H3,(H,21,23);1H. The van der Waals surface area contributed by atoms with Crippen LogP contribution in [0, 0.1) is 11.8 Å². The van der Waals surface area contributed by atoms with Gasteiger partial charge in [0, 0.05) is 19.5 Å². The molecule has 1 aromatic carbocycles. The minimum absolute atomic E-state index is 0. The van der Waals surface area contributed by atoms with Crippen molar-refractivity contribution in [1.82, 2.24) is 10.6 Å². The molecule has 2 aliphatic rings. The fourth-order valence-corrected chi connectivity index (χ4v) is 3.34. The predicted molar refractivity (Wildman–Crippen MR) is 102 cm³/mol. The van der Waals surface area contributed by atoms with Crippen LogP contribution < -0.4 is 15.5 Å². The second-order valence-corrected chi connectivity index (χ2v) is 6.95. The molecule has 2 amide bonds. The van der Waals surface area contributed by atoms with E-state index in [1.807, 2.05) is 18.2 Å². The molecule has 0 bridgehead atoms. The third-order valence-corrected chi connectivity index (χ3v) is 5.00. The number of hydrogen-bond acceptors (Lipinski definition) is 3. The number of amides is 2. The van der Waals surface area contributed by atoms with E-state index in [9.17, 15) is 9.59 Å². The first-order valence-corrected chi connectivity index (χ1v) is 9.02. The van der Waals surface area contributed by atoms with Gasteiger partial charge in [-0.3, -0.25) is 9.59 Å². The summed E-state index contributed by atoms with van der Waals surface area (Å²) in [6, 6.07) is 7.36. The Morgan fingerprint density at radius 2 is 2.00 bits per heavy atom. The Kier molecular flexibility index (Phi) is 7.26. The number of anilines is 1. The van der Waals surface area contributed by atoms with Crippen LogP contribution in [-0.4, -0.2) is 38.5 Å². The van der Waals surface area contributed by atoms with Crippen LogP contribution in [0.5, 0.6) is 0 Å². The van der Waals surface area contributed by atoms with Crippen molar-refractivity contribution >= 4 is 29.9 Å². The molecule has 1 aromatic rings. The van der Waals surface area contributed by atoms with Gasteiger partial charge in [0.15, 0.2) is 0 Å². The third-order valence-electron chi connectivity index (χ3n) is 5.00. The lowest BCUT2D eigenvalue weighted by Crippen LogP contribution is -2.34. The van der Waals surface area contributed by atoms with Crippen LogP contribution in [0.25, 0.3) is 0 Å². The molecule has 5 nitrogen and oxygen atoms in total. The van der Waals surface area contributed by atoms with E-state index in [4.69, 9.17) is 0 Å². The monoisotopic (exact) mass is 365 g/mol. The third kappa shape index (κ3) is 5.19. The molecule has 2 N–H and O–H groups in total. The van der Waals surface area contributed by atoms with Gasteiger partial charge in [-0.2, -0.15) is 0 Å². The molecule has 1 aliphatic heterocycles. The van der Waals surface area contributed by atoms with Gasteiger partial charge in [0.05, 0.1) is 11.3 Å². The van der Waals surface area contributed by atoms with Crippen molar-refractivity contribution in [3.63, 3.8) is 0 Å². The molecular formula is C19H28ClN3O2. The fourth-order valence-electron chi connectivity index (χ4n) is 3.34. The van der Waals surface area contributed by atoms with Gasteiger partial charge in [-0.05, 0) is 63.2 Å². The zero-order valence-electron chi connectivity index (χ0n) is 14.8. The molecule has 1 saturated carbocycles. The molecule has 2 fully saturated rings. The molecule has 1 heterocycles. The van der Waals surface area contributed by atoms with Gasteiger partial charge in [0.25, 0.3) is 5.91 Å². The van der Waals surface area contributed by atoms with Crippen molar-refractivity contribution in [3.05, 3.63) is 29.8 Å². The Balaban J connectivity index is 0.00000225. The van der Waals surface area contributed by atoms with Crippen molar-refractivity contribution in [2.75, 3.05) is 31.6 Å². The molecule has 0 radical (unpaired) electrons. The van der Waals surface area contributed by atoms with Gasteiger partial charge in [-0.1, -0.05) is 12.1 Å². The van der Waals surface area contributed by atoms with Crippen LogP contribution in [0.2, 0.25) is 0 Å². The average Bonchev–Trinajstić information content (AvgIpc) is 3.46. The number of piperidine rings is 1. The predicted octanol–water partition coefficient (Wildman–Crippen LogP) is 2.60. The first-order valence-electron chi connectivity index (χ1n) is 9.02. The SMILES string of the molecule is CN(C(=O)C1CC1)c1ccccc1C(=O)NCCC1CCCNC1.Cl. The zero-order valence-corrected chi connectivity index (χ0v) is 15.6. The van der Waals surface area contributed by atoms with E-state index in [-0.39, 0.29) is 30.1 Å². The largest absolute Gasteiger partial charge is 0.352 e. The highest BCUT2D eigenvalue weighted by molar-refractivity contribution is 6.05. The highest BCUT2D eigenvalue weighted by Gasteiger charge is 2.33. The van der Waals surface area contributed by atoms with Crippen LogP contribution in [0.4, 0.5) is 5.69 Å². The van der Waals surface area contributed by atoms with Crippen LogP contribution in [0.1, 0.15) is 42.5 Å². The number of carbonyl (C=O) groups is 2. The van der Waals surface area contributed by atoms with Gasteiger partial charge < -0.3 is 15.5 Å². The second kappa shape index (κ2) is 9.20. The van der Waals surface area contributed by atoms with E-state index >= 15 is 0 Å². The molecule has 1 unspecified atom stereocenters. The smallest absolute Gasteiger partial charge is 0.253 e. The average molecular weight is 366 g/mol. The number of rotatable bonds is 6. The molecule has 1 aliphatic carbocycles. The van der Waals surface area contributed by atoms with E-state index in [1.54, 1.807) is 18.0 Å². The molecule has 1 saturated heterocycles. The van der Waals surface area contributed by atoms with Crippen molar-refractivity contribution in [3.8, 4) is 0 Å². The highest BCUT2D eigenvalue weighted by Crippen LogP contribution is 2.33. The molecule has 25 heavy (non-hydrogen) atoms. The Hall–Kier alpha value is -1.59. The Bertz CT molecular complexity index is 598. The summed E-state index contributed by atoms with van der Waals surface area (Å²) in [4.78, 5) is 26.5. The number of para-hydroxylation sites is 1. The summed E-state index contributed by atoms with van der Waals surface area (Å²) in [6.45, 7) is 2.84. The minimum atomic E-state index is -0.0928. The summed E-state index contributed by atoms with van der Waals surface area (Å²) >= 11 is 0. The Morgan fingerprint density at radius 1 is 1.24 bits per heavy atom. The van der Waals surface area contributed by atoms with E-state index in [2.05, 4.69) is 10.6 Å². The molecular weight excluding hydrogens is 338 g/mol. The number of benzene rings is 1. The summed E-state index contributed by atoms with van der Waals surface area (Å²) in [5.74, 6) is 0.812. The number of halogens is 1. The fraction of sp³-hybridized carbons (Fsp3) is 0.579. The van der Waals surface area contributed by atoms with Crippen molar-refractivity contribution in [2.24, 2.45) is 11.8 Å². The normalized spacial score (nSPS) is 19.6. The molecule has 6 heteroatoms. The van der Waals surface area contributed by atoms with Crippen LogP contribution in [0.3, 0.4) is 0 Å². The van der Waals surface area contributed by atoms with Gasteiger partial charge in [0.1, 0.15) is 0 Å². The maximum Gasteiger partial charge on any atom is 0.253 e. The lowest BCUT2D eigenvalue weighted by atomic mass is 9.96. The van der Waals surface area contributed by atoms with Crippen molar-refractivity contribution in [2.45, 2.75) is 32.1 Å². The number of nitrogens with zero attached hydrogens (tertiary/aromatic N) is 1. The zero-order chi connectivity index (χ0) is 16.9. The summed E-state index contributed by atoms with van der Waals surface area (Å²) in [5, 5.41) is 6.42. The highest BCUT2D eigenvalue weighted by atomic mass is 35.5. The summed E-state index contributed by atoms with van der Waals surface area (Å²) in [6.07, 6.45) is 5.38. The number of carbonyl (C=O) groups excluding carboxylic acids is 2. The Labute approximate surface area is 155 Å². The van der Waals surface area contributed by atoms with Crippen LogP contribution in [0.15, 0.2) is 24.3 Å². The van der Waals surface area contributed by atoms with E-state index in [0.29, 0.717) is 23.7 Å². The van der Waals surface area contributed by atoms with Crippen LogP contribution in [-0.2, 0) is 4.79 Å². The van der Waals surface area contributed by atoms with E-state index in [1.165, 1.54) is 12.8 Å². The molecule has 138 valence electrons. The molecule has 3 rings (SSSR count). The maximum absolute atomic E-state index is 12.6. The first-order chi connectivity index (χ1) is 11.7. The minimum Gasteiger partial charge on any atom is -0.352 e. The summed E-state index contributed by atoms with van der Waals surface area (Å²) in [5.41, 5.74) is 1.28. The molecule has 0 spiro atoms. The topological polar surface area (TPSA) is 61.4 Å². The van der Waals surface area contributed by atoms with E-state index < -0.39 is 0 Å². The lowest BCUT2D eigenvalue weighted by Gasteiger charge is -2.23. The van der Waals surface area contributed by atoms with E-state index in [0.717, 1.165) is 32.4 Å². The van der Waals surface area contributed by atoms with Gasteiger partial charge >= 0.3 is 0 Å². The number of nitrogens with one attached hydrogen (secondary N) is 2. The quantitative estimate of drug-likeness (QED) is 0.814.